The van der Waals surface area contributed by atoms with Crippen LogP contribution < -0.4 is 4.73 Å². The number of aromatic nitrogens is 2. The predicted octanol–water partition coefficient (Wildman–Crippen LogP) is -0.827. The first-order valence-electron chi connectivity index (χ1n) is 2.27. The maximum Gasteiger partial charge on any atom is 0.378 e. The summed E-state index contributed by atoms with van der Waals surface area (Å²) in [6.07, 6.45) is 3.93. The Morgan fingerprint density at radius 2 is 2.56 bits per heavy atom. The van der Waals surface area contributed by atoms with Crippen molar-refractivity contribution >= 4 is 6.29 Å². The molecule has 4 nitrogen and oxygen atoms in total. The Kier molecular flexibility index (Phi) is 1.40. The topological polar surface area (TPSA) is 56.9 Å². The highest BCUT2D eigenvalue weighted by atomic mass is 16.5. The number of hydrogen-bond acceptors (Lipinski definition) is 3. The molecule has 0 aliphatic heterocycles. The summed E-state index contributed by atoms with van der Waals surface area (Å²) in [5.41, 5.74) is 0. The molecule has 0 saturated heterocycles. The Balaban J connectivity index is 3.15. The lowest BCUT2D eigenvalue weighted by molar-refractivity contribution is -0.610. The van der Waals surface area contributed by atoms with Crippen molar-refractivity contribution in [1.82, 2.24) is 4.98 Å². The van der Waals surface area contributed by atoms with Crippen LogP contribution in [0, 0.1) is 5.21 Å². The molecule has 0 aliphatic rings. The van der Waals surface area contributed by atoms with Crippen LogP contribution in [0.5, 0.6) is 0 Å². The third-order valence-corrected chi connectivity index (χ3v) is 0.804. The van der Waals surface area contributed by atoms with Crippen LogP contribution in [0.2, 0.25) is 0 Å². The van der Waals surface area contributed by atoms with E-state index in [1.54, 1.807) is 0 Å². The lowest BCUT2D eigenvalue weighted by Crippen LogP contribution is -2.31. The zero-order valence-electron chi connectivity index (χ0n) is 4.44. The van der Waals surface area contributed by atoms with E-state index < -0.39 is 0 Å². The average Bonchev–Trinajstić information content (AvgIpc) is 1.89. The Morgan fingerprint density at radius 3 is 3.00 bits per heavy atom. The Bertz CT molecular complexity index is 224. The lowest BCUT2D eigenvalue weighted by Gasteiger charge is -1.96. The largest absolute Gasteiger partial charge is 0.710 e. The Hall–Kier alpha value is -1.45. The van der Waals surface area contributed by atoms with Crippen LogP contribution in [-0.4, -0.2) is 11.3 Å². The van der Waals surface area contributed by atoms with E-state index in [1.165, 1.54) is 24.7 Å². The van der Waals surface area contributed by atoms with Crippen molar-refractivity contribution in [1.29, 1.82) is 0 Å². The molecule has 45 valence electrons. The van der Waals surface area contributed by atoms with Crippen LogP contribution in [-0.2, 0) is 4.79 Å². The summed E-state index contributed by atoms with van der Waals surface area (Å²) >= 11 is 0. The molecule has 0 spiro atoms. The minimum Gasteiger partial charge on any atom is -0.710 e. The highest BCUT2D eigenvalue weighted by Crippen LogP contribution is 1.75. The third-order valence-electron chi connectivity index (χ3n) is 0.804. The maximum atomic E-state index is 10.4. The van der Waals surface area contributed by atoms with E-state index in [1.807, 2.05) is 0 Å². The van der Waals surface area contributed by atoms with Gasteiger partial charge >= 0.3 is 12.1 Å². The molecule has 1 radical (unpaired) electrons. The predicted molar refractivity (Wildman–Crippen MR) is 28.0 cm³/mol. The van der Waals surface area contributed by atoms with Crippen molar-refractivity contribution in [3.05, 3.63) is 29.5 Å². The monoisotopic (exact) mass is 123 g/mol. The van der Waals surface area contributed by atoms with Gasteiger partial charge in [0, 0.05) is 6.07 Å². The van der Waals surface area contributed by atoms with Crippen LogP contribution in [0.3, 0.4) is 0 Å². The summed E-state index contributed by atoms with van der Waals surface area (Å²) in [5.74, 6) is -0.238. The lowest BCUT2D eigenvalue weighted by atomic mass is 10.6. The van der Waals surface area contributed by atoms with Gasteiger partial charge in [0.25, 0.3) is 0 Å². The summed E-state index contributed by atoms with van der Waals surface area (Å²) in [4.78, 5) is 13.2. The van der Waals surface area contributed by atoms with Crippen LogP contribution in [0.25, 0.3) is 0 Å². The van der Waals surface area contributed by atoms with Gasteiger partial charge in [-0.25, -0.2) is 4.73 Å². The smallest absolute Gasteiger partial charge is 0.378 e. The number of nitrogens with zero attached hydrogens (tertiary/aromatic N) is 2. The quantitative estimate of drug-likeness (QED) is 0.362. The molecule has 0 aliphatic carbocycles. The van der Waals surface area contributed by atoms with Crippen LogP contribution in [0.4, 0.5) is 0 Å². The van der Waals surface area contributed by atoms with Crippen molar-refractivity contribution < 1.29 is 9.52 Å². The fourth-order valence-corrected chi connectivity index (χ4v) is 0.429. The molecule has 1 aromatic heterocycles. The van der Waals surface area contributed by atoms with E-state index in [-0.39, 0.29) is 5.82 Å². The van der Waals surface area contributed by atoms with E-state index in [4.69, 9.17) is 0 Å². The van der Waals surface area contributed by atoms with Gasteiger partial charge in [-0.1, -0.05) is 0 Å². The second kappa shape index (κ2) is 2.21. The Labute approximate surface area is 51.4 Å². The minimum atomic E-state index is -0.238. The zero-order chi connectivity index (χ0) is 6.69. The van der Waals surface area contributed by atoms with Gasteiger partial charge in [-0.2, -0.15) is 0 Å². The molecule has 0 saturated carbocycles. The molecule has 1 rings (SSSR count). The Morgan fingerprint density at radius 1 is 1.78 bits per heavy atom. The van der Waals surface area contributed by atoms with Crippen LogP contribution in [0.15, 0.2) is 18.5 Å². The first kappa shape index (κ1) is 5.68. The molecular weight excluding hydrogens is 120 g/mol. The van der Waals surface area contributed by atoms with E-state index in [0.29, 0.717) is 4.73 Å². The first-order valence-corrected chi connectivity index (χ1v) is 2.27. The third kappa shape index (κ3) is 1.02. The van der Waals surface area contributed by atoms with Gasteiger partial charge in [-0.05, 0) is 4.98 Å². The second-order valence-electron chi connectivity index (χ2n) is 1.37. The van der Waals surface area contributed by atoms with E-state index in [2.05, 4.69) is 4.98 Å². The number of carbonyl (C=O) groups excluding carboxylic acids is 1. The van der Waals surface area contributed by atoms with E-state index in [0.717, 1.165) is 0 Å². The minimum absolute atomic E-state index is 0.238. The van der Waals surface area contributed by atoms with Gasteiger partial charge in [0.2, 0.25) is 0 Å². The molecule has 0 atom stereocenters. The molecule has 0 bridgehead atoms. The zero-order valence-corrected chi connectivity index (χ0v) is 4.44. The fourth-order valence-electron chi connectivity index (χ4n) is 0.429. The maximum absolute atomic E-state index is 10.4. The van der Waals surface area contributed by atoms with E-state index in [9.17, 15) is 10.0 Å². The first-order chi connectivity index (χ1) is 4.34. The summed E-state index contributed by atoms with van der Waals surface area (Å²) in [7, 11) is 0. The van der Waals surface area contributed by atoms with Crippen molar-refractivity contribution in [2.45, 2.75) is 0 Å². The highest BCUT2D eigenvalue weighted by Gasteiger charge is 2.01. The van der Waals surface area contributed by atoms with Crippen molar-refractivity contribution in [3.63, 3.8) is 0 Å². The molecule has 0 aromatic carbocycles. The highest BCUT2D eigenvalue weighted by molar-refractivity contribution is 5.66. The fraction of sp³-hybridized carbons (Fsp3) is 0. The van der Waals surface area contributed by atoms with Crippen LogP contribution in [0.1, 0.15) is 5.82 Å². The average molecular weight is 123 g/mol. The number of hydrogen-bond donors (Lipinski definition) is 0. The van der Waals surface area contributed by atoms with Gasteiger partial charge in [0.1, 0.15) is 6.20 Å². The van der Waals surface area contributed by atoms with Gasteiger partial charge in [-0.15, -0.1) is 0 Å². The van der Waals surface area contributed by atoms with E-state index >= 15 is 0 Å². The molecule has 1 aromatic rings. The van der Waals surface area contributed by atoms with Crippen molar-refractivity contribution in [2.75, 3.05) is 0 Å². The van der Waals surface area contributed by atoms with Gasteiger partial charge < -0.3 is 5.21 Å². The molecule has 0 amide bonds. The second-order valence-corrected chi connectivity index (χ2v) is 1.37. The summed E-state index contributed by atoms with van der Waals surface area (Å²) < 4.78 is 0.354. The molecular formula is C5H3N2O2. The molecule has 0 unspecified atom stereocenters. The molecule has 0 N–H and O–H groups in total. The van der Waals surface area contributed by atoms with Gasteiger partial charge in [0.15, 0.2) is 0 Å². The normalized spacial score (nSPS) is 8.89. The molecule has 4 heteroatoms. The van der Waals surface area contributed by atoms with Gasteiger partial charge in [0.05, 0.1) is 6.20 Å². The van der Waals surface area contributed by atoms with Crippen molar-refractivity contribution in [3.8, 4) is 0 Å². The molecule has 1 heterocycles. The SMILES string of the molecule is O=[C]c1nccc[n+]1[O-]. The van der Waals surface area contributed by atoms with Gasteiger partial charge in [-0.3, -0.25) is 4.79 Å². The summed E-state index contributed by atoms with van der Waals surface area (Å²) in [5, 5.41) is 10.4. The number of rotatable bonds is 1. The summed E-state index contributed by atoms with van der Waals surface area (Å²) in [6, 6.07) is 1.44. The standard InChI is InChI=1S/C5H3N2O2/c8-4-5-6-2-1-3-7(5)9/h1-3H. The summed E-state index contributed by atoms with van der Waals surface area (Å²) in [6.45, 7) is 0. The molecule has 9 heavy (non-hydrogen) atoms. The van der Waals surface area contributed by atoms with Crippen molar-refractivity contribution in [2.24, 2.45) is 0 Å². The molecule has 0 fully saturated rings. The van der Waals surface area contributed by atoms with Crippen LogP contribution >= 0.6 is 0 Å².